The lowest BCUT2D eigenvalue weighted by Crippen LogP contribution is -2.41. The smallest absolute Gasteiger partial charge is 0.337 e. The lowest BCUT2D eigenvalue weighted by Gasteiger charge is -2.39. The number of aryl methyl sites for hydroxylation is 1. The summed E-state index contributed by atoms with van der Waals surface area (Å²) in [6, 6.07) is 23.3. The van der Waals surface area contributed by atoms with E-state index in [2.05, 4.69) is 32.2 Å². The molecule has 0 spiro atoms. The zero-order chi connectivity index (χ0) is 30.5. The van der Waals surface area contributed by atoms with Crippen LogP contribution in [0.5, 0.6) is 11.5 Å². The number of halogens is 1. The van der Waals surface area contributed by atoms with E-state index in [0.717, 1.165) is 86.2 Å². The van der Waals surface area contributed by atoms with Gasteiger partial charge in [0.2, 0.25) is 0 Å². The molecule has 0 amide bonds. The van der Waals surface area contributed by atoms with Crippen LogP contribution in [0.15, 0.2) is 79.0 Å². The summed E-state index contributed by atoms with van der Waals surface area (Å²) < 4.78 is 10.9. The summed E-state index contributed by atoms with van der Waals surface area (Å²) >= 11 is 6.13. The quantitative estimate of drug-likeness (QED) is 0.198. The van der Waals surface area contributed by atoms with Crippen molar-refractivity contribution in [3.63, 3.8) is 0 Å². The third kappa shape index (κ3) is 7.31. The molecule has 1 N–H and O–H groups in total. The number of hydrogen-bond acceptors (Lipinski definition) is 8. The molecule has 228 valence electrons. The Kier molecular flexibility index (Phi) is 9.28. The summed E-state index contributed by atoms with van der Waals surface area (Å²) in [6.45, 7) is 6.79. The molecule has 3 aromatic carbocycles. The number of fused-ring (bicyclic) bond motifs is 1. The SMILES string of the molecule is COC(=O)c1cccc(CN2CCC(CN3CCC(Nc4cccc(Oc5cccc(Cl)c5)c4)c4cnc(C)nc43)CC2)c1. The second-order valence-corrected chi connectivity index (χ2v) is 12.1. The topological polar surface area (TPSA) is 79.8 Å². The molecule has 3 heterocycles. The average molecular weight is 612 g/mol. The molecule has 1 aromatic heterocycles. The minimum atomic E-state index is -0.291. The van der Waals surface area contributed by atoms with E-state index in [1.165, 1.54) is 7.11 Å². The van der Waals surface area contributed by atoms with Crippen molar-refractivity contribution in [3.8, 4) is 11.5 Å². The van der Waals surface area contributed by atoms with Crippen molar-refractivity contribution < 1.29 is 14.3 Å². The highest BCUT2D eigenvalue weighted by atomic mass is 35.5. The van der Waals surface area contributed by atoms with E-state index < -0.39 is 0 Å². The minimum Gasteiger partial charge on any atom is -0.465 e. The van der Waals surface area contributed by atoms with Gasteiger partial charge >= 0.3 is 5.97 Å². The van der Waals surface area contributed by atoms with Gasteiger partial charge in [-0.3, -0.25) is 4.90 Å². The van der Waals surface area contributed by atoms with Gasteiger partial charge in [0.05, 0.1) is 18.7 Å². The van der Waals surface area contributed by atoms with E-state index in [0.29, 0.717) is 22.3 Å². The number of hydrogen-bond donors (Lipinski definition) is 1. The molecular formula is C35H38ClN5O3. The lowest BCUT2D eigenvalue weighted by atomic mass is 9.93. The van der Waals surface area contributed by atoms with Crippen LogP contribution in [0.4, 0.5) is 11.5 Å². The zero-order valence-electron chi connectivity index (χ0n) is 25.2. The first kappa shape index (κ1) is 29.9. The van der Waals surface area contributed by atoms with Gasteiger partial charge in [-0.15, -0.1) is 0 Å². The molecule has 1 unspecified atom stereocenters. The first-order valence-corrected chi connectivity index (χ1v) is 15.6. The maximum Gasteiger partial charge on any atom is 0.337 e. The van der Waals surface area contributed by atoms with Crippen molar-refractivity contribution in [3.05, 3.63) is 107 Å². The number of aromatic nitrogens is 2. The minimum absolute atomic E-state index is 0.103. The van der Waals surface area contributed by atoms with Gasteiger partial charge in [0.15, 0.2) is 0 Å². The van der Waals surface area contributed by atoms with Gasteiger partial charge < -0.3 is 19.7 Å². The molecule has 0 bridgehead atoms. The van der Waals surface area contributed by atoms with Gasteiger partial charge in [0, 0.05) is 48.2 Å². The van der Waals surface area contributed by atoms with Gasteiger partial charge in [0.1, 0.15) is 23.1 Å². The van der Waals surface area contributed by atoms with Crippen molar-refractivity contribution in [1.82, 2.24) is 14.9 Å². The molecule has 2 aliphatic heterocycles. The monoisotopic (exact) mass is 611 g/mol. The molecule has 4 aromatic rings. The number of methoxy groups -OCH3 is 1. The molecule has 9 heteroatoms. The first-order valence-electron chi connectivity index (χ1n) is 15.2. The molecule has 0 radical (unpaired) electrons. The van der Waals surface area contributed by atoms with Crippen molar-refractivity contribution in [1.29, 1.82) is 0 Å². The Morgan fingerprint density at radius 1 is 0.977 bits per heavy atom. The summed E-state index contributed by atoms with van der Waals surface area (Å²) in [5.41, 5.74) is 3.86. The summed E-state index contributed by atoms with van der Waals surface area (Å²) in [7, 11) is 1.42. The number of likely N-dealkylation sites (tertiary alicyclic amines) is 1. The molecule has 2 aliphatic rings. The van der Waals surface area contributed by atoms with Crippen LogP contribution >= 0.6 is 11.6 Å². The number of piperidine rings is 1. The number of esters is 1. The maximum absolute atomic E-state index is 11.9. The Bertz CT molecular complexity index is 1610. The van der Waals surface area contributed by atoms with Crippen LogP contribution in [0.1, 0.15) is 52.6 Å². The van der Waals surface area contributed by atoms with Crippen LogP contribution in [-0.4, -0.2) is 54.1 Å². The number of ether oxygens (including phenoxy) is 2. The fraction of sp³-hybridized carbons (Fsp3) is 0.343. The van der Waals surface area contributed by atoms with Crippen LogP contribution in [0.25, 0.3) is 0 Å². The van der Waals surface area contributed by atoms with Crippen LogP contribution in [-0.2, 0) is 11.3 Å². The highest BCUT2D eigenvalue weighted by Crippen LogP contribution is 2.36. The Hall–Kier alpha value is -4.14. The van der Waals surface area contributed by atoms with Crippen LogP contribution in [0.2, 0.25) is 5.02 Å². The highest BCUT2D eigenvalue weighted by Gasteiger charge is 2.30. The molecule has 1 saturated heterocycles. The largest absolute Gasteiger partial charge is 0.465 e. The number of carbonyl (C=O) groups is 1. The van der Waals surface area contributed by atoms with Crippen molar-refractivity contribution in [2.45, 2.75) is 38.8 Å². The van der Waals surface area contributed by atoms with Gasteiger partial charge in [-0.1, -0.05) is 35.9 Å². The van der Waals surface area contributed by atoms with Crippen molar-refractivity contribution in [2.24, 2.45) is 5.92 Å². The van der Waals surface area contributed by atoms with Crippen LogP contribution < -0.4 is 15.0 Å². The van der Waals surface area contributed by atoms with E-state index in [4.69, 9.17) is 26.1 Å². The van der Waals surface area contributed by atoms with Gasteiger partial charge in [0.25, 0.3) is 0 Å². The standard InChI is InChI=1S/C35H38ClN5O3/c1-24-37-21-32-33(39-29-9-5-11-31(20-29)44-30-10-4-8-28(36)19-30)14-17-41(34(32)38-24)23-25-12-15-40(16-13-25)22-26-6-3-7-27(18-26)35(42)43-2/h3-11,18-21,25,33,39H,12-17,22-23H2,1-2H3. The Balaban J connectivity index is 1.07. The van der Waals surface area contributed by atoms with E-state index in [1.807, 2.05) is 67.7 Å². The zero-order valence-corrected chi connectivity index (χ0v) is 26.0. The maximum atomic E-state index is 11.9. The van der Waals surface area contributed by atoms with Crippen molar-refractivity contribution in [2.75, 3.05) is 43.5 Å². The molecule has 0 saturated carbocycles. The number of carbonyl (C=O) groups excluding carboxylic acids is 1. The van der Waals surface area contributed by atoms with Gasteiger partial charge in [-0.25, -0.2) is 14.8 Å². The average Bonchev–Trinajstić information content (AvgIpc) is 3.03. The highest BCUT2D eigenvalue weighted by molar-refractivity contribution is 6.30. The second kappa shape index (κ2) is 13.7. The fourth-order valence-electron chi connectivity index (χ4n) is 6.17. The summed E-state index contributed by atoms with van der Waals surface area (Å²) in [5.74, 6) is 3.58. The van der Waals surface area contributed by atoms with Gasteiger partial charge in [-0.05, 0) is 93.2 Å². The van der Waals surface area contributed by atoms with E-state index in [1.54, 1.807) is 6.07 Å². The third-order valence-electron chi connectivity index (χ3n) is 8.43. The number of nitrogens with one attached hydrogen (secondary N) is 1. The normalized spacial score (nSPS) is 17.2. The molecule has 1 fully saturated rings. The summed E-state index contributed by atoms with van der Waals surface area (Å²) in [5, 5.41) is 4.36. The van der Waals surface area contributed by atoms with Gasteiger partial charge in [-0.2, -0.15) is 0 Å². The van der Waals surface area contributed by atoms with E-state index >= 15 is 0 Å². The van der Waals surface area contributed by atoms with Crippen LogP contribution in [0, 0.1) is 12.8 Å². The third-order valence-corrected chi connectivity index (χ3v) is 8.66. The molecule has 0 aliphatic carbocycles. The number of anilines is 2. The predicted molar refractivity (Wildman–Crippen MR) is 174 cm³/mol. The molecular weight excluding hydrogens is 574 g/mol. The van der Waals surface area contributed by atoms with E-state index in [-0.39, 0.29) is 12.0 Å². The Morgan fingerprint density at radius 2 is 1.75 bits per heavy atom. The van der Waals surface area contributed by atoms with Crippen LogP contribution in [0.3, 0.4) is 0 Å². The fourth-order valence-corrected chi connectivity index (χ4v) is 6.35. The lowest BCUT2D eigenvalue weighted by molar-refractivity contribution is 0.0600. The number of nitrogens with zero attached hydrogens (tertiary/aromatic N) is 4. The molecule has 1 atom stereocenters. The number of benzene rings is 3. The summed E-state index contributed by atoms with van der Waals surface area (Å²) in [6.07, 6.45) is 5.20. The molecule has 8 nitrogen and oxygen atoms in total. The van der Waals surface area contributed by atoms with E-state index in [9.17, 15) is 4.79 Å². The Labute approximate surface area is 264 Å². The van der Waals surface area contributed by atoms with Crippen molar-refractivity contribution >= 4 is 29.1 Å². The Morgan fingerprint density at radius 3 is 2.55 bits per heavy atom. The number of rotatable bonds is 9. The summed E-state index contributed by atoms with van der Waals surface area (Å²) in [4.78, 5) is 26.4. The second-order valence-electron chi connectivity index (χ2n) is 11.6. The first-order chi connectivity index (χ1) is 21.4. The predicted octanol–water partition coefficient (Wildman–Crippen LogP) is 7.29. The molecule has 6 rings (SSSR count). The molecule has 44 heavy (non-hydrogen) atoms.